The van der Waals surface area contributed by atoms with Crippen LogP contribution in [-0.2, 0) is 23.1 Å². The summed E-state index contributed by atoms with van der Waals surface area (Å²) in [5.74, 6) is 0.545. The molecule has 2 rings (SSSR count). The number of aromatic nitrogens is 1. The van der Waals surface area contributed by atoms with Gasteiger partial charge in [-0.2, -0.15) is 0 Å². The van der Waals surface area contributed by atoms with Gasteiger partial charge in [-0.15, -0.1) is 0 Å². The maximum absolute atomic E-state index is 12.3. The Hall–Kier alpha value is -0.850. The highest BCUT2D eigenvalue weighted by atomic mass is 32.2. The van der Waals surface area contributed by atoms with Crippen LogP contribution in [0, 0.1) is 5.92 Å². The second-order valence-corrected chi connectivity index (χ2v) is 7.60. The standard InChI is InChI=1S/C15H27N3O2S/c1-3-7-16-11-14-9-15(12-18(14)8-4-2)21(19,20)17-10-13-5-6-13/h9,12-13,16-17H,3-8,10-11H2,1-2H3. The van der Waals surface area contributed by atoms with E-state index in [9.17, 15) is 8.42 Å². The van der Waals surface area contributed by atoms with E-state index in [4.69, 9.17) is 0 Å². The molecule has 1 aliphatic rings. The van der Waals surface area contributed by atoms with Crippen molar-refractivity contribution < 1.29 is 8.42 Å². The molecule has 0 aliphatic heterocycles. The fourth-order valence-corrected chi connectivity index (χ4v) is 3.47. The average molecular weight is 313 g/mol. The third-order valence-electron chi connectivity index (χ3n) is 3.73. The fraction of sp³-hybridized carbons (Fsp3) is 0.733. The maximum atomic E-state index is 12.3. The second-order valence-electron chi connectivity index (χ2n) is 5.83. The number of rotatable bonds is 10. The Balaban J connectivity index is 2.08. The van der Waals surface area contributed by atoms with Crippen molar-refractivity contribution in [1.29, 1.82) is 0 Å². The van der Waals surface area contributed by atoms with E-state index < -0.39 is 10.0 Å². The Morgan fingerprint density at radius 3 is 2.67 bits per heavy atom. The number of aryl methyl sites for hydroxylation is 1. The van der Waals surface area contributed by atoms with Crippen LogP contribution in [0.2, 0.25) is 0 Å². The van der Waals surface area contributed by atoms with E-state index in [2.05, 4.69) is 23.9 Å². The summed E-state index contributed by atoms with van der Waals surface area (Å²) in [7, 11) is -3.36. The van der Waals surface area contributed by atoms with Gasteiger partial charge in [0, 0.05) is 31.5 Å². The number of hydrogen-bond donors (Lipinski definition) is 2. The van der Waals surface area contributed by atoms with E-state index in [1.54, 1.807) is 12.3 Å². The Labute approximate surface area is 128 Å². The van der Waals surface area contributed by atoms with Crippen LogP contribution < -0.4 is 10.0 Å². The van der Waals surface area contributed by atoms with E-state index in [0.29, 0.717) is 23.9 Å². The van der Waals surface area contributed by atoms with Crippen LogP contribution in [-0.4, -0.2) is 26.1 Å². The summed E-state index contributed by atoms with van der Waals surface area (Å²) in [6.45, 7) is 7.30. The molecular weight excluding hydrogens is 286 g/mol. The Morgan fingerprint density at radius 2 is 2.05 bits per heavy atom. The van der Waals surface area contributed by atoms with Crippen molar-refractivity contribution in [2.24, 2.45) is 5.92 Å². The first-order valence-electron chi connectivity index (χ1n) is 7.96. The van der Waals surface area contributed by atoms with E-state index in [1.165, 1.54) is 0 Å². The first-order chi connectivity index (χ1) is 10.1. The number of sulfonamides is 1. The van der Waals surface area contributed by atoms with Gasteiger partial charge < -0.3 is 9.88 Å². The van der Waals surface area contributed by atoms with E-state index >= 15 is 0 Å². The van der Waals surface area contributed by atoms with Crippen LogP contribution in [0.25, 0.3) is 0 Å². The van der Waals surface area contributed by atoms with Crippen LogP contribution in [0.1, 0.15) is 45.2 Å². The largest absolute Gasteiger partial charge is 0.349 e. The number of nitrogens with one attached hydrogen (secondary N) is 2. The molecule has 0 radical (unpaired) electrons. The average Bonchev–Trinajstić information content (AvgIpc) is 3.19. The van der Waals surface area contributed by atoms with E-state index in [-0.39, 0.29) is 0 Å². The highest BCUT2D eigenvalue weighted by Crippen LogP contribution is 2.28. The summed E-state index contributed by atoms with van der Waals surface area (Å²) in [5, 5.41) is 3.34. The van der Waals surface area contributed by atoms with Gasteiger partial charge in [0.05, 0.1) is 4.90 Å². The predicted octanol–water partition coefficient (Wildman–Crippen LogP) is 2.09. The molecule has 1 heterocycles. The molecule has 1 fully saturated rings. The van der Waals surface area contributed by atoms with Crippen LogP contribution in [0.15, 0.2) is 17.2 Å². The smallest absolute Gasteiger partial charge is 0.242 e. The third-order valence-corrected chi connectivity index (χ3v) is 5.12. The van der Waals surface area contributed by atoms with Gasteiger partial charge in [-0.25, -0.2) is 13.1 Å². The van der Waals surface area contributed by atoms with Crippen molar-refractivity contribution in [3.05, 3.63) is 18.0 Å². The highest BCUT2D eigenvalue weighted by molar-refractivity contribution is 7.89. The van der Waals surface area contributed by atoms with Crippen molar-refractivity contribution in [1.82, 2.24) is 14.6 Å². The van der Waals surface area contributed by atoms with Gasteiger partial charge in [-0.05, 0) is 44.2 Å². The SMILES string of the molecule is CCCNCc1cc(S(=O)(=O)NCC2CC2)cn1CCC. The van der Waals surface area contributed by atoms with Crippen LogP contribution in [0.4, 0.5) is 0 Å². The molecular formula is C15H27N3O2S. The van der Waals surface area contributed by atoms with Gasteiger partial charge >= 0.3 is 0 Å². The molecule has 0 atom stereocenters. The van der Waals surface area contributed by atoms with Gasteiger partial charge in [-0.3, -0.25) is 0 Å². The lowest BCUT2D eigenvalue weighted by Gasteiger charge is -2.08. The van der Waals surface area contributed by atoms with Crippen molar-refractivity contribution in [2.75, 3.05) is 13.1 Å². The normalized spacial score (nSPS) is 15.5. The predicted molar refractivity (Wildman–Crippen MR) is 84.6 cm³/mol. The van der Waals surface area contributed by atoms with Crippen LogP contribution >= 0.6 is 0 Å². The lowest BCUT2D eigenvalue weighted by molar-refractivity contribution is 0.576. The molecule has 21 heavy (non-hydrogen) atoms. The molecule has 0 unspecified atom stereocenters. The van der Waals surface area contributed by atoms with Gasteiger partial charge in [0.15, 0.2) is 0 Å². The fourth-order valence-electron chi connectivity index (χ4n) is 2.30. The zero-order valence-electron chi connectivity index (χ0n) is 13.1. The van der Waals surface area contributed by atoms with Gasteiger partial charge in [-0.1, -0.05) is 13.8 Å². The van der Waals surface area contributed by atoms with Crippen molar-refractivity contribution in [3.8, 4) is 0 Å². The van der Waals surface area contributed by atoms with Gasteiger partial charge in [0.25, 0.3) is 0 Å². The first kappa shape index (κ1) is 16.5. The Morgan fingerprint density at radius 1 is 1.29 bits per heavy atom. The zero-order valence-corrected chi connectivity index (χ0v) is 13.9. The molecule has 2 N–H and O–H groups in total. The molecule has 0 saturated heterocycles. The molecule has 0 bridgehead atoms. The summed E-state index contributed by atoms with van der Waals surface area (Å²) in [6.07, 6.45) is 6.12. The summed E-state index contributed by atoms with van der Waals surface area (Å²) in [4.78, 5) is 0.393. The van der Waals surface area contributed by atoms with E-state index in [1.807, 2.05) is 4.57 Å². The first-order valence-corrected chi connectivity index (χ1v) is 9.44. The molecule has 1 saturated carbocycles. The summed E-state index contributed by atoms with van der Waals surface area (Å²) < 4.78 is 29.4. The number of nitrogens with zero attached hydrogens (tertiary/aromatic N) is 1. The quantitative estimate of drug-likeness (QED) is 0.650. The van der Waals surface area contributed by atoms with Gasteiger partial charge in [0.2, 0.25) is 10.0 Å². The molecule has 0 spiro atoms. The zero-order chi connectivity index (χ0) is 15.3. The molecule has 6 heteroatoms. The highest BCUT2D eigenvalue weighted by Gasteiger charge is 2.25. The molecule has 1 aromatic heterocycles. The van der Waals surface area contributed by atoms with Crippen molar-refractivity contribution in [2.45, 2.75) is 57.5 Å². The molecule has 120 valence electrons. The second kappa shape index (κ2) is 7.42. The van der Waals surface area contributed by atoms with Gasteiger partial charge in [0.1, 0.15) is 0 Å². The van der Waals surface area contributed by atoms with Crippen LogP contribution in [0.5, 0.6) is 0 Å². The molecule has 1 aromatic rings. The monoisotopic (exact) mass is 313 g/mol. The maximum Gasteiger partial charge on any atom is 0.242 e. The minimum Gasteiger partial charge on any atom is -0.349 e. The molecule has 5 nitrogen and oxygen atoms in total. The molecule has 1 aliphatic carbocycles. The lowest BCUT2D eigenvalue weighted by atomic mass is 10.4. The Bertz CT molecular complexity index is 547. The topological polar surface area (TPSA) is 63.1 Å². The van der Waals surface area contributed by atoms with Crippen molar-refractivity contribution in [3.63, 3.8) is 0 Å². The summed E-state index contributed by atoms with van der Waals surface area (Å²) >= 11 is 0. The van der Waals surface area contributed by atoms with Crippen molar-refractivity contribution >= 4 is 10.0 Å². The summed E-state index contributed by atoms with van der Waals surface area (Å²) in [6, 6.07) is 1.80. The summed E-state index contributed by atoms with van der Waals surface area (Å²) in [5.41, 5.74) is 1.04. The number of hydrogen-bond acceptors (Lipinski definition) is 3. The van der Waals surface area contributed by atoms with Crippen LogP contribution in [0.3, 0.4) is 0 Å². The lowest BCUT2D eigenvalue weighted by Crippen LogP contribution is -2.25. The Kier molecular flexibility index (Phi) is 5.84. The molecule has 0 aromatic carbocycles. The minimum atomic E-state index is -3.36. The van der Waals surface area contributed by atoms with E-state index in [0.717, 1.165) is 44.5 Å². The third kappa shape index (κ3) is 4.83. The molecule has 0 amide bonds. The minimum absolute atomic E-state index is 0.393.